The lowest BCUT2D eigenvalue weighted by Gasteiger charge is -2.10. The molecule has 0 bridgehead atoms. The smallest absolute Gasteiger partial charge is 0.396 e. The molecule has 0 saturated heterocycles. The first kappa shape index (κ1) is 14.6. The quantitative estimate of drug-likeness (QED) is 0.617. The normalized spacial score (nSPS) is 12.0. The van der Waals surface area contributed by atoms with Gasteiger partial charge in [0.15, 0.2) is 0 Å². The molecule has 0 aliphatic rings. The van der Waals surface area contributed by atoms with E-state index in [1.54, 1.807) is 12.1 Å². The van der Waals surface area contributed by atoms with E-state index in [0.717, 1.165) is 16.1 Å². The molecule has 0 spiro atoms. The molecule has 6 heteroatoms. The minimum Gasteiger partial charge on any atom is -0.396 e. The average Bonchev–Trinajstić information content (AvgIpc) is 2.38. The van der Waals surface area contributed by atoms with Crippen LogP contribution in [0.5, 0.6) is 0 Å². The molecule has 0 aromatic heterocycles. The third-order valence-corrected chi connectivity index (χ3v) is 3.14. The van der Waals surface area contributed by atoms with Gasteiger partial charge in [0, 0.05) is 10.7 Å². The molecule has 2 aromatic rings. The largest absolute Gasteiger partial charge is 0.418 e. The van der Waals surface area contributed by atoms with Gasteiger partial charge in [0.1, 0.15) is 0 Å². The van der Waals surface area contributed by atoms with Crippen molar-refractivity contribution in [2.45, 2.75) is 6.18 Å². The summed E-state index contributed by atoms with van der Waals surface area (Å²) >= 11 is 3.29. The summed E-state index contributed by atoms with van der Waals surface area (Å²) < 4.78 is 39.0. The molecule has 0 unspecified atom stereocenters. The summed E-state index contributed by atoms with van der Waals surface area (Å²) in [4.78, 5) is 4.01. The molecule has 20 heavy (non-hydrogen) atoms. The fraction of sp³-hybridized carbons (Fsp3) is 0.0714. The minimum atomic E-state index is -4.48. The van der Waals surface area contributed by atoms with E-state index in [2.05, 4.69) is 20.9 Å². The maximum Gasteiger partial charge on any atom is 0.418 e. The van der Waals surface area contributed by atoms with Gasteiger partial charge in [-0.2, -0.15) is 13.2 Å². The van der Waals surface area contributed by atoms with E-state index in [0.29, 0.717) is 0 Å². The SMILES string of the molecule is Nc1c(/N=C/c2ccc(Br)cc2)cccc1C(F)(F)F. The zero-order chi connectivity index (χ0) is 14.8. The first-order valence-corrected chi connectivity index (χ1v) is 6.42. The van der Waals surface area contributed by atoms with E-state index >= 15 is 0 Å². The molecule has 2 nitrogen and oxygen atoms in total. The van der Waals surface area contributed by atoms with Crippen molar-refractivity contribution >= 4 is 33.5 Å². The standard InChI is InChI=1S/C14H10BrF3N2/c15-10-6-4-9(5-7-10)8-20-12-3-1-2-11(13(12)19)14(16,17)18/h1-8H,19H2/b20-8+. The molecule has 0 atom stereocenters. The molecule has 0 fully saturated rings. The fourth-order valence-corrected chi connectivity index (χ4v) is 1.87. The molecule has 104 valence electrons. The van der Waals surface area contributed by atoms with Crippen molar-refractivity contribution in [2.24, 2.45) is 4.99 Å². The van der Waals surface area contributed by atoms with Crippen LogP contribution in [0.3, 0.4) is 0 Å². The number of aliphatic imine (C=N–C) groups is 1. The Morgan fingerprint density at radius 3 is 2.30 bits per heavy atom. The topological polar surface area (TPSA) is 38.4 Å². The highest BCUT2D eigenvalue weighted by Crippen LogP contribution is 2.37. The second-order valence-corrected chi connectivity index (χ2v) is 4.96. The van der Waals surface area contributed by atoms with Gasteiger partial charge < -0.3 is 5.73 Å². The maximum atomic E-state index is 12.7. The van der Waals surface area contributed by atoms with Gasteiger partial charge in [-0.15, -0.1) is 0 Å². The molecular weight excluding hydrogens is 333 g/mol. The zero-order valence-corrected chi connectivity index (χ0v) is 11.7. The number of alkyl halides is 3. The van der Waals surface area contributed by atoms with Gasteiger partial charge in [0.05, 0.1) is 16.9 Å². The van der Waals surface area contributed by atoms with Gasteiger partial charge >= 0.3 is 6.18 Å². The van der Waals surface area contributed by atoms with Gasteiger partial charge in [0.2, 0.25) is 0 Å². The molecule has 0 radical (unpaired) electrons. The highest BCUT2D eigenvalue weighted by molar-refractivity contribution is 9.10. The second kappa shape index (κ2) is 5.66. The van der Waals surface area contributed by atoms with E-state index in [-0.39, 0.29) is 11.4 Å². The number of nitrogens with zero attached hydrogens (tertiary/aromatic N) is 1. The molecule has 2 aromatic carbocycles. The van der Waals surface area contributed by atoms with Crippen LogP contribution >= 0.6 is 15.9 Å². The average molecular weight is 343 g/mol. The van der Waals surface area contributed by atoms with Crippen molar-refractivity contribution in [3.05, 3.63) is 58.1 Å². The van der Waals surface area contributed by atoms with Crippen molar-refractivity contribution in [1.82, 2.24) is 0 Å². The van der Waals surface area contributed by atoms with Gasteiger partial charge in [0.25, 0.3) is 0 Å². The lowest BCUT2D eigenvalue weighted by atomic mass is 10.1. The summed E-state index contributed by atoms with van der Waals surface area (Å²) in [5, 5.41) is 0. The number of halogens is 4. The van der Waals surface area contributed by atoms with Crippen molar-refractivity contribution in [2.75, 3.05) is 5.73 Å². The van der Waals surface area contributed by atoms with Gasteiger partial charge in [-0.3, -0.25) is 4.99 Å². The molecule has 0 aliphatic heterocycles. The molecule has 2 rings (SSSR count). The number of benzene rings is 2. The third-order valence-electron chi connectivity index (χ3n) is 2.61. The van der Waals surface area contributed by atoms with E-state index in [1.807, 2.05) is 12.1 Å². The van der Waals surface area contributed by atoms with Crippen LogP contribution in [-0.4, -0.2) is 6.21 Å². The predicted octanol–water partition coefficient (Wildman–Crippen LogP) is 4.80. The Morgan fingerprint density at radius 1 is 1.05 bits per heavy atom. The first-order chi connectivity index (χ1) is 9.38. The summed E-state index contributed by atoms with van der Waals surface area (Å²) in [6.07, 6.45) is -3.01. The van der Waals surface area contributed by atoms with Crippen LogP contribution in [0.2, 0.25) is 0 Å². The van der Waals surface area contributed by atoms with Crippen LogP contribution in [0, 0.1) is 0 Å². The third kappa shape index (κ3) is 3.39. The van der Waals surface area contributed by atoms with Crippen molar-refractivity contribution < 1.29 is 13.2 Å². The molecule has 0 aliphatic carbocycles. The van der Waals surface area contributed by atoms with E-state index < -0.39 is 11.7 Å². The van der Waals surface area contributed by atoms with Gasteiger partial charge in [-0.1, -0.05) is 34.1 Å². The van der Waals surface area contributed by atoms with E-state index in [9.17, 15) is 13.2 Å². The minimum absolute atomic E-state index is 0.0998. The predicted molar refractivity (Wildman–Crippen MR) is 77.3 cm³/mol. The van der Waals surface area contributed by atoms with Crippen LogP contribution in [-0.2, 0) is 6.18 Å². The molecule has 0 amide bonds. The van der Waals surface area contributed by atoms with Crippen molar-refractivity contribution in [3.63, 3.8) is 0 Å². The number of nitrogens with two attached hydrogens (primary N) is 1. The first-order valence-electron chi connectivity index (χ1n) is 5.63. The summed E-state index contributed by atoms with van der Waals surface area (Å²) in [6, 6.07) is 10.9. The lowest BCUT2D eigenvalue weighted by Crippen LogP contribution is -2.08. The molecule has 0 saturated carbocycles. The van der Waals surface area contributed by atoms with Crippen molar-refractivity contribution in [1.29, 1.82) is 0 Å². The highest BCUT2D eigenvalue weighted by atomic mass is 79.9. The van der Waals surface area contributed by atoms with Crippen LogP contribution in [0.25, 0.3) is 0 Å². The van der Waals surface area contributed by atoms with Crippen LogP contribution in [0.1, 0.15) is 11.1 Å². The number of hydrogen-bond acceptors (Lipinski definition) is 2. The Labute approximate surface area is 122 Å². The zero-order valence-electron chi connectivity index (χ0n) is 10.2. The molecule has 0 heterocycles. The molecular formula is C14H10BrF3N2. The summed E-state index contributed by atoms with van der Waals surface area (Å²) in [5.41, 5.74) is 5.15. The van der Waals surface area contributed by atoms with Gasteiger partial charge in [-0.25, -0.2) is 0 Å². The second-order valence-electron chi connectivity index (χ2n) is 4.05. The van der Waals surface area contributed by atoms with Gasteiger partial charge in [-0.05, 0) is 29.8 Å². The number of hydrogen-bond donors (Lipinski definition) is 1. The Hall–Kier alpha value is -1.82. The summed E-state index contributed by atoms with van der Waals surface area (Å²) in [5.74, 6) is 0. The number of nitrogen functional groups attached to an aromatic ring is 1. The number of anilines is 1. The lowest BCUT2D eigenvalue weighted by molar-refractivity contribution is -0.136. The fourth-order valence-electron chi connectivity index (χ4n) is 1.61. The van der Waals surface area contributed by atoms with Crippen LogP contribution < -0.4 is 5.73 Å². The van der Waals surface area contributed by atoms with E-state index in [4.69, 9.17) is 5.73 Å². The maximum absolute atomic E-state index is 12.7. The Bertz CT molecular complexity index is 634. The summed E-state index contributed by atoms with van der Waals surface area (Å²) in [7, 11) is 0. The van der Waals surface area contributed by atoms with E-state index in [1.165, 1.54) is 18.3 Å². The van der Waals surface area contributed by atoms with Crippen LogP contribution in [0.15, 0.2) is 51.9 Å². The highest BCUT2D eigenvalue weighted by Gasteiger charge is 2.33. The molecule has 2 N–H and O–H groups in total. The number of para-hydroxylation sites is 1. The monoisotopic (exact) mass is 342 g/mol. The Morgan fingerprint density at radius 2 is 1.70 bits per heavy atom. The summed E-state index contributed by atoms with van der Waals surface area (Å²) in [6.45, 7) is 0. The van der Waals surface area contributed by atoms with Crippen LogP contribution in [0.4, 0.5) is 24.5 Å². The Kier molecular flexibility index (Phi) is 4.13. The number of rotatable bonds is 2. The Balaban J connectivity index is 2.32. The van der Waals surface area contributed by atoms with Crippen molar-refractivity contribution in [3.8, 4) is 0 Å².